The van der Waals surface area contributed by atoms with Crippen LogP contribution in [0.1, 0.15) is 50.2 Å². The van der Waals surface area contributed by atoms with Crippen LogP contribution >= 0.6 is 35.3 Å². The van der Waals surface area contributed by atoms with Gasteiger partial charge in [-0.15, -0.1) is 35.3 Å². The summed E-state index contributed by atoms with van der Waals surface area (Å²) >= 11 is 1.78. The molecule has 0 amide bonds. The molecule has 2 heterocycles. The Bertz CT molecular complexity index is 483. The molecule has 2 rings (SSSR count). The number of aryl methyl sites for hydroxylation is 1. The second-order valence-electron chi connectivity index (χ2n) is 6.31. The molecule has 1 aliphatic rings. The van der Waals surface area contributed by atoms with Gasteiger partial charge in [-0.1, -0.05) is 20.3 Å². The summed E-state index contributed by atoms with van der Waals surface area (Å²) in [5.74, 6) is 1.27. The lowest BCUT2D eigenvalue weighted by atomic mass is 9.97. The Morgan fingerprint density at radius 3 is 2.79 bits per heavy atom. The smallest absolute Gasteiger partial charge is 0.188 e. The number of likely N-dealkylation sites (tertiary alicyclic amines) is 1. The number of guanidine groups is 1. The molecular weight excluding hydrogens is 433 g/mol. The van der Waals surface area contributed by atoms with E-state index in [0.717, 1.165) is 45.6 Å². The van der Waals surface area contributed by atoms with Gasteiger partial charge in [0.2, 0.25) is 0 Å². The molecule has 0 aromatic carbocycles. The van der Waals surface area contributed by atoms with E-state index in [2.05, 4.69) is 39.4 Å². The maximum absolute atomic E-state index is 5.90. The van der Waals surface area contributed by atoms with Gasteiger partial charge >= 0.3 is 0 Å². The van der Waals surface area contributed by atoms with Crippen LogP contribution < -0.4 is 11.1 Å². The molecule has 138 valence electrons. The van der Waals surface area contributed by atoms with Gasteiger partial charge in [0.05, 0.1) is 10.7 Å². The van der Waals surface area contributed by atoms with E-state index in [1.165, 1.54) is 30.0 Å². The third-order valence-electron chi connectivity index (χ3n) is 4.35. The molecule has 0 spiro atoms. The zero-order valence-corrected chi connectivity index (χ0v) is 18.1. The van der Waals surface area contributed by atoms with Crippen LogP contribution in [0.3, 0.4) is 0 Å². The highest BCUT2D eigenvalue weighted by Gasteiger charge is 2.19. The maximum Gasteiger partial charge on any atom is 0.188 e. The van der Waals surface area contributed by atoms with Gasteiger partial charge < -0.3 is 11.1 Å². The van der Waals surface area contributed by atoms with E-state index in [1.54, 1.807) is 11.3 Å². The minimum atomic E-state index is 0. The third kappa shape index (κ3) is 7.65. The van der Waals surface area contributed by atoms with Crippen LogP contribution in [0, 0.1) is 5.92 Å². The van der Waals surface area contributed by atoms with Crippen molar-refractivity contribution in [1.82, 2.24) is 15.2 Å². The monoisotopic (exact) mass is 465 g/mol. The van der Waals surface area contributed by atoms with Gasteiger partial charge in [-0.3, -0.25) is 9.89 Å². The Balaban J connectivity index is 0.00000288. The van der Waals surface area contributed by atoms with Crippen LogP contribution in [0.2, 0.25) is 0 Å². The summed E-state index contributed by atoms with van der Waals surface area (Å²) in [5, 5.41) is 6.63. The number of nitrogens with one attached hydrogen (secondary N) is 1. The van der Waals surface area contributed by atoms with Crippen molar-refractivity contribution in [2.45, 2.75) is 52.5 Å². The average molecular weight is 465 g/mol. The van der Waals surface area contributed by atoms with Crippen molar-refractivity contribution >= 4 is 41.3 Å². The Morgan fingerprint density at radius 2 is 2.17 bits per heavy atom. The fourth-order valence-electron chi connectivity index (χ4n) is 2.82. The number of hydrogen-bond donors (Lipinski definition) is 2. The molecule has 1 saturated heterocycles. The fourth-order valence-corrected chi connectivity index (χ4v) is 3.55. The van der Waals surface area contributed by atoms with Crippen LogP contribution in [-0.2, 0) is 13.0 Å². The molecule has 1 fully saturated rings. The molecule has 0 aliphatic carbocycles. The van der Waals surface area contributed by atoms with E-state index in [4.69, 9.17) is 5.73 Å². The molecule has 0 unspecified atom stereocenters. The van der Waals surface area contributed by atoms with Crippen LogP contribution in [0.15, 0.2) is 10.4 Å². The van der Waals surface area contributed by atoms with Gasteiger partial charge in [0.1, 0.15) is 0 Å². The van der Waals surface area contributed by atoms with Gasteiger partial charge in [-0.2, -0.15) is 0 Å². The number of aliphatic imine (C=N–C) groups is 1. The lowest BCUT2D eigenvalue weighted by Crippen LogP contribution is -2.36. The summed E-state index contributed by atoms with van der Waals surface area (Å²) in [6, 6.07) is 0. The molecule has 0 bridgehead atoms. The van der Waals surface area contributed by atoms with Crippen molar-refractivity contribution in [3.63, 3.8) is 0 Å². The topological polar surface area (TPSA) is 66.5 Å². The van der Waals surface area contributed by atoms with E-state index in [9.17, 15) is 0 Å². The van der Waals surface area contributed by atoms with Crippen molar-refractivity contribution < 1.29 is 0 Å². The lowest BCUT2D eigenvalue weighted by molar-refractivity contribution is 0.179. The molecule has 0 saturated carbocycles. The maximum atomic E-state index is 5.90. The lowest BCUT2D eigenvalue weighted by Gasteiger charge is -2.30. The summed E-state index contributed by atoms with van der Waals surface area (Å²) in [5.41, 5.74) is 7.13. The van der Waals surface area contributed by atoms with Crippen molar-refractivity contribution in [2.24, 2.45) is 16.6 Å². The first-order valence-corrected chi connectivity index (χ1v) is 9.78. The van der Waals surface area contributed by atoms with Crippen LogP contribution in [0.25, 0.3) is 0 Å². The number of nitrogens with zero attached hydrogens (tertiary/aromatic N) is 3. The van der Waals surface area contributed by atoms with Crippen LogP contribution in [0.4, 0.5) is 0 Å². The molecule has 1 aliphatic heterocycles. The highest BCUT2D eigenvalue weighted by molar-refractivity contribution is 14.0. The second-order valence-corrected chi connectivity index (χ2v) is 7.25. The fraction of sp³-hybridized carbons (Fsp3) is 0.765. The van der Waals surface area contributed by atoms with Gasteiger partial charge in [0.25, 0.3) is 0 Å². The van der Waals surface area contributed by atoms with Crippen molar-refractivity contribution in [2.75, 3.05) is 26.2 Å². The summed E-state index contributed by atoms with van der Waals surface area (Å²) in [4.78, 5) is 11.7. The molecule has 24 heavy (non-hydrogen) atoms. The number of rotatable bonds is 8. The largest absolute Gasteiger partial charge is 0.370 e. The first kappa shape index (κ1) is 21.6. The second kappa shape index (κ2) is 12.0. The molecule has 0 radical (unpaired) electrons. The minimum Gasteiger partial charge on any atom is -0.370 e. The van der Waals surface area contributed by atoms with Crippen molar-refractivity contribution in [3.8, 4) is 0 Å². The number of aromatic nitrogens is 1. The number of nitrogens with two attached hydrogens (primary N) is 1. The van der Waals surface area contributed by atoms with E-state index >= 15 is 0 Å². The van der Waals surface area contributed by atoms with Crippen LogP contribution in [0.5, 0.6) is 0 Å². The van der Waals surface area contributed by atoms with E-state index in [-0.39, 0.29) is 24.0 Å². The SMILES string of the molecule is CCCCNC(N)=NCC1CCN(Cc2csc(CC)n2)CC1.I. The zero-order chi connectivity index (χ0) is 16.5. The number of unbranched alkanes of at least 4 members (excludes halogenated alkanes) is 1. The number of thiazole rings is 1. The normalized spacial score (nSPS) is 16.8. The number of halogens is 1. The summed E-state index contributed by atoms with van der Waals surface area (Å²) in [6.07, 6.45) is 5.77. The molecule has 7 heteroatoms. The Labute approximate surface area is 167 Å². The Kier molecular flexibility index (Phi) is 10.8. The first-order chi connectivity index (χ1) is 11.2. The summed E-state index contributed by atoms with van der Waals surface area (Å²) in [6.45, 7) is 9.40. The Hall–Kier alpha value is -0.410. The van der Waals surface area contributed by atoms with E-state index in [0.29, 0.717) is 11.9 Å². The number of piperidine rings is 1. The predicted octanol–water partition coefficient (Wildman–Crippen LogP) is 3.24. The highest BCUT2D eigenvalue weighted by atomic mass is 127. The zero-order valence-electron chi connectivity index (χ0n) is 15.0. The molecular formula is C17H32IN5S. The van der Waals surface area contributed by atoms with Crippen molar-refractivity contribution in [3.05, 3.63) is 16.1 Å². The standard InChI is InChI=1S/C17H31N5S.HI/c1-3-5-8-19-17(18)20-11-14-6-9-22(10-7-14)12-15-13-23-16(4-2)21-15;/h13-14H,3-12H2,1-2H3,(H3,18,19,20);1H. The first-order valence-electron chi connectivity index (χ1n) is 8.90. The minimum absolute atomic E-state index is 0. The molecule has 3 N–H and O–H groups in total. The molecule has 0 atom stereocenters. The van der Waals surface area contributed by atoms with Crippen molar-refractivity contribution in [1.29, 1.82) is 0 Å². The quantitative estimate of drug-likeness (QED) is 0.268. The summed E-state index contributed by atoms with van der Waals surface area (Å²) < 4.78 is 0. The van der Waals surface area contributed by atoms with E-state index in [1.807, 2.05) is 0 Å². The van der Waals surface area contributed by atoms with Gasteiger partial charge in [-0.25, -0.2) is 4.98 Å². The van der Waals surface area contributed by atoms with E-state index < -0.39 is 0 Å². The molecule has 1 aromatic heterocycles. The molecule has 5 nitrogen and oxygen atoms in total. The van der Waals surface area contributed by atoms with Gasteiger partial charge in [0.15, 0.2) is 5.96 Å². The Morgan fingerprint density at radius 1 is 1.42 bits per heavy atom. The highest BCUT2D eigenvalue weighted by Crippen LogP contribution is 2.20. The average Bonchev–Trinajstić information content (AvgIpc) is 3.02. The third-order valence-corrected chi connectivity index (χ3v) is 5.39. The van der Waals surface area contributed by atoms with Crippen LogP contribution in [-0.4, -0.2) is 42.0 Å². The summed E-state index contributed by atoms with van der Waals surface area (Å²) in [7, 11) is 0. The van der Waals surface area contributed by atoms with Gasteiger partial charge in [-0.05, 0) is 44.7 Å². The molecule has 1 aromatic rings. The predicted molar refractivity (Wildman–Crippen MR) is 114 cm³/mol. The van der Waals surface area contributed by atoms with Gasteiger partial charge in [0, 0.05) is 25.0 Å². The number of hydrogen-bond acceptors (Lipinski definition) is 4.